The van der Waals surface area contributed by atoms with Gasteiger partial charge in [0.15, 0.2) is 6.17 Å². The van der Waals surface area contributed by atoms with Crippen LogP contribution in [0.2, 0.25) is 0 Å². The first-order valence-electron chi connectivity index (χ1n) is 2.84. The summed E-state index contributed by atoms with van der Waals surface area (Å²) in [4.78, 5) is 0. The average Bonchev–Trinajstić information content (AvgIpc) is 1.89. The summed E-state index contributed by atoms with van der Waals surface area (Å²) in [7, 11) is 0. The first kappa shape index (κ1) is 6.27. The van der Waals surface area contributed by atoms with Crippen LogP contribution in [0.5, 0.6) is 0 Å². The Labute approximate surface area is 54.4 Å². The van der Waals surface area contributed by atoms with Crippen LogP contribution < -0.4 is 0 Å². The Balaban J connectivity index is 2.65. The van der Waals surface area contributed by atoms with Gasteiger partial charge in [-0.05, 0) is 6.08 Å². The molecule has 1 atom stereocenters. The molecule has 0 amide bonds. The first-order chi connectivity index (χ1) is 4.34. The van der Waals surface area contributed by atoms with Gasteiger partial charge >= 0.3 is 0 Å². The molecule has 1 aliphatic carbocycles. The van der Waals surface area contributed by atoms with Crippen molar-refractivity contribution in [3.8, 4) is 0 Å². The highest BCUT2D eigenvalue weighted by Crippen LogP contribution is 2.22. The first-order valence-corrected chi connectivity index (χ1v) is 2.84. The largest absolute Gasteiger partial charge is 0.234 e. The molecule has 47 valence electrons. The molecule has 1 unspecified atom stereocenters. The predicted molar refractivity (Wildman–Crippen MR) is 36.3 cm³/mol. The molecular formula is C8H8F. The van der Waals surface area contributed by atoms with Crippen LogP contribution in [-0.2, 0) is 0 Å². The minimum atomic E-state index is -0.199. The fourth-order valence-electron chi connectivity index (χ4n) is 0.726. The van der Waals surface area contributed by atoms with Crippen LogP contribution in [0.25, 0.3) is 0 Å². The van der Waals surface area contributed by atoms with E-state index in [1.807, 2.05) is 6.08 Å². The second kappa shape index (κ2) is 2.62. The molecule has 0 saturated heterocycles. The Morgan fingerprint density at radius 3 is 2.78 bits per heavy atom. The third-order valence-corrected chi connectivity index (χ3v) is 1.26. The molecule has 0 nitrogen and oxygen atoms in total. The van der Waals surface area contributed by atoms with Crippen LogP contribution in [0.15, 0.2) is 37.0 Å². The van der Waals surface area contributed by atoms with E-state index in [4.69, 9.17) is 0 Å². The summed E-state index contributed by atoms with van der Waals surface area (Å²) in [5.74, 6) is -0.199. The van der Waals surface area contributed by atoms with Gasteiger partial charge in [-0.25, -0.2) is 4.39 Å². The van der Waals surface area contributed by atoms with Crippen LogP contribution in [0, 0.1) is 12.1 Å². The lowest BCUT2D eigenvalue weighted by Gasteiger charge is -2.09. The van der Waals surface area contributed by atoms with Gasteiger partial charge in [-0.3, -0.25) is 0 Å². The lowest BCUT2D eigenvalue weighted by molar-refractivity contribution is 0.483. The van der Waals surface area contributed by atoms with E-state index in [9.17, 15) is 4.39 Å². The second-order valence-electron chi connectivity index (χ2n) is 1.89. The van der Waals surface area contributed by atoms with Gasteiger partial charge in [0.05, 0.1) is 0 Å². The second-order valence-corrected chi connectivity index (χ2v) is 1.89. The highest BCUT2D eigenvalue weighted by atomic mass is 19.1. The Morgan fingerprint density at radius 1 is 1.56 bits per heavy atom. The minimum Gasteiger partial charge on any atom is -0.234 e. The van der Waals surface area contributed by atoms with Gasteiger partial charge in [0.25, 0.3) is 0 Å². The monoisotopic (exact) mass is 123 g/mol. The SMILES string of the molecule is C=CC1C=CC=C[C]1F. The Morgan fingerprint density at radius 2 is 2.33 bits per heavy atom. The van der Waals surface area contributed by atoms with E-state index in [0.717, 1.165) is 0 Å². The third-order valence-electron chi connectivity index (χ3n) is 1.26. The van der Waals surface area contributed by atoms with E-state index < -0.39 is 0 Å². The van der Waals surface area contributed by atoms with Crippen molar-refractivity contribution in [1.82, 2.24) is 0 Å². The van der Waals surface area contributed by atoms with E-state index in [0.29, 0.717) is 0 Å². The van der Waals surface area contributed by atoms with Gasteiger partial charge in [-0.2, -0.15) is 0 Å². The fraction of sp³-hybridized carbons (Fsp3) is 0.125. The molecule has 0 spiro atoms. The molecule has 1 aliphatic rings. The highest BCUT2D eigenvalue weighted by molar-refractivity contribution is 5.26. The van der Waals surface area contributed by atoms with Crippen LogP contribution in [-0.4, -0.2) is 0 Å². The molecule has 0 aromatic rings. The lowest BCUT2D eigenvalue weighted by atomic mass is 9.99. The summed E-state index contributed by atoms with van der Waals surface area (Å²) in [5.41, 5.74) is 0. The van der Waals surface area contributed by atoms with E-state index in [-0.39, 0.29) is 12.1 Å². The smallest absolute Gasteiger partial charge is 0.177 e. The molecule has 0 bridgehead atoms. The quantitative estimate of drug-likeness (QED) is 0.470. The minimum absolute atomic E-state index is 0.132. The molecule has 0 aromatic heterocycles. The number of allylic oxidation sites excluding steroid dienone is 5. The predicted octanol–water partition coefficient (Wildman–Crippen LogP) is 2.42. The van der Waals surface area contributed by atoms with Gasteiger partial charge in [0, 0.05) is 5.92 Å². The summed E-state index contributed by atoms with van der Waals surface area (Å²) >= 11 is 0. The molecular weight excluding hydrogens is 115 g/mol. The molecule has 1 rings (SSSR count). The van der Waals surface area contributed by atoms with Crippen LogP contribution in [0.3, 0.4) is 0 Å². The molecule has 0 saturated carbocycles. The number of rotatable bonds is 1. The van der Waals surface area contributed by atoms with Crippen molar-refractivity contribution in [3.63, 3.8) is 0 Å². The highest BCUT2D eigenvalue weighted by Gasteiger charge is 2.14. The topological polar surface area (TPSA) is 0 Å². The van der Waals surface area contributed by atoms with Gasteiger partial charge in [0.2, 0.25) is 0 Å². The van der Waals surface area contributed by atoms with Crippen molar-refractivity contribution >= 4 is 0 Å². The molecule has 0 aliphatic heterocycles. The van der Waals surface area contributed by atoms with Crippen molar-refractivity contribution in [2.45, 2.75) is 0 Å². The molecule has 0 heterocycles. The van der Waals surface area contributed by atoms with E-state index in [1.165, 1.54) is 6.08 Å². The zero-order valence-electron chi connectivity index (χ0n) is 5.05. The van der Waals surface area contributed by atoms with Crippen molar-refractivity contribution in [1.29, 1.82) is 0 Å². The molecule has 1 heteroatoms. The standard InChI is InChI=1S/C8H8F/c1-2-7-5-3-4-6-8(7)9/h2-7H,1H2. The van der Waals surface area contributed by atoms with E-state index in [2.05, 4.69) is 6.58 Å². The average molecular weight is 123 g/mol. The Kier molecular flexibility index (Phi) is 1.83. The van der Waals surface area contributed by atoms with Crippen molar-refractivity contribution in [2.24, 2.45) is 5.92 Å². The van der Waals surface area contributed by atoms with Gasteiger partial charge in [-0.15, -0.1) is 6.58 Å². The summed E-state index contributed by atoms with van der Waals surface area (Å²) in [6, 6.07) is 0. The zero-order chi connectivity index (χ0) is 6.69. The van der Waals surface area contributed by atoms with E-state index >= 15 is 0 Å². The summed E-state index contributed by atoms with van der Waals surface area (Å²) < 4.78 is 12.6. The molecule has 0 aromatic carbocycles. The maximum Gasteiger partial charge on any atom is 0.177 e. The van der Waals surface area contributed by atoms with Crippen LogP contribution in [0.4, 0.5) is 4.39 Å². The van der Waals surface area contributed by atoms with Crippen molar-refractivity contribution < 1.29 is 4.39 Å². The number of halogens is 1. The summed E-state index contributed by atoms with van der Waals surface area (Å²) in [6.45, 7) is 3.49. The van der Waals surface area contributed by atoms with Crippen LogP contribution >= 0.6 is 0 Å². The fourth-order valence-corrected chi connectivity index (χ4v) is 0.726. The van der Waals surface area contributed by atoms with Crippen LogP contribution in [0.1, 0.15) is 0 Å². The normalized spacial score (nSPS) is 26.6. The number of hydrogen-bond donors (Lipinski definition) is 0. The maximum atomic E-state index is 12.6. The third kappa shape index (κ3) is 1.28. The molecule has 0 N–H and O–H groups in total. The summed E-state index contributed by atoms with van der Waals surface area (Å²) in [6.07, 6.45) is 8.15. The molecule has 9 heavy (non-hydrogen) atoms. The Bertz CT molecular complexity index is 156. The van der Waals surface area contributed by atoms with Gasteiger partial charge in [0.1, 0.15) is 0 Å². The van der Waals surface area contributed by atoms with Crippen molar-refractivity contribution in [3.05, 3.63) is 43.1 Å². The number of hydrogen-bond acceptors (Lipinski definition) is 0. The lowest BCUT2D eigenvalue weighted by Crippen LogP contribution is -2.01. The maximum absolute atomic E-state index is 12.6. The van der Waals surface area contributed by atoms with Crippen molar-refractivity contribution in [2.75, 3.05) is 0 Å². The molecule has 1 radical (unpaired) electrons. The Hall–Kier alpha value is -0.850. The van der Waals surface area contributed by atoms with Gasteiger partial charge < -0.3 is 0 Å². The molecule has 0 fully saturated rings. The summed E-state index contributed by atoms with van der Waals surface area (Å²) in [5, 5.41) is 0. The van der Waals surface area contributed by atoms with Gasteiger partial charge in [-0.1, -0.05) is 24.3 Å². The zero-order valence-corrected chi connectivity index (χ0v) is 5.05. The van der Waals surface area contributed by atoms with E-state index in [1.54, 1.807) is 18.2 Å².